The number of halogens is 2. The Kier molecular flexibility index (Phi) is 5.35. The SMILES string of the molecule is CCOCCC(N)Cc1cc(F)ccc1F. The van der Waals surface area contributed by atoms with Gasteiger partial charge in [-0.05, 0) is 43.5 Å². The second-order valence-electron chi connectivity index (χ2n) is 3.69. The Morgan fingerprint density at radius 2 is 2.12 bits per heavy atom. The first-order valence-corrected chi connectivity index (χ1v) is 5.40. The van der Waals surface area contributed by atoms with Gasteiger partial charge < -0.3 is 10.5 Å². The fourth-order valence-electron chi connectivity index (χ4n) is 1.46. The minimum absolute atomic E-state index is 0.206. The summed E-state index contributed by atoms with van der Waals surface area (Å²) in [6.07, 6.45) is 0.973. The first-order chi connectivity index (χ1) is 7.63. The number of ether oxygens (including phenoxy) is 1. The Hall–Kier alpha value is -1.00. The van der Waals surface area contributed by atoms with Crippen LogP contribution in [0.15, 0.2) is 18.2 Å². The molecule has 0 amide bonds. The molecule has 0 aliphatic carbocycles. The number of rotatable bonds is 6. The van der Waals surface area contributed by atoms with Gasteiger partial charge in [0.25, 0.3) is 0 Å². The monoisotopic (exact) mass is 229 g/mol. The van der Waals surface area contributed by atoms with Crippen LogP contribution in [-0.2, 0) is 11.2 Å². The number of nitrogens with two attached hydrogens (primary N) is 1. The van der Waals surface area contributed by atoms with Crippen molar-refractivity contribution in [1.29, 1.82) is 0 Å². The van der Waals surface area contributed by atoms with Crippen molar-refractivity contribution < 1.29 is 13.5 Å². The van der Waals surface area contributed by atoms with Gasteiger partial charge in [-0.15, -0.1) is 0 Å². The molecule has 4 heteroatoms. The minimum Gasteiger partial charge on any atom is -0.382 e. The van der Waals surface area contributed by atoms with E-state index in [1.807, 2.05) is 6.92 Å². The van der Waals surface area contributed by atoms with Crippen LogP contribution in [-0.4, -0.2) is 19.3 Å². The van der Waals surface area contributed by atoms with Gasteiger partial charge in [-0.2, -0.15) is 0 Å². The summed E-state index contributed by atoms with van der Waals surface area (Å²) in [7, 11) is 0. The van der Waals surface area contributed by atoms with Gasteiger partial charge in [0.1, 0.15) is 11.6 Å². The third-order valence-electron chi connectivity index (χ3n) is 2.33. The zero-order valence-corrected chi connectivity index (χ0v) is 9.38. The molecule has 0 heterocycles. The summed E-state index contributed by atoms with van der Waals surface area (Å²) in [6.45, 7) is 3.09. The van der Waals surface area contributed by atoms with Gasteiger partial charge in [-0.1, -0.05) is 0 Å². The molecule has 0 spiro atoms. The fraction of sp³-hybridized carbons (Fsp3) is 0.500. The highest BCUT2D eigenvalue weighted by atomic mass is 19.1. The van der Waals surface area contributed by atoms with Crippen LogP contribution in [0.5, 0.6) is 0 Å². The molecule has 2 N–H and O–H groups in total. The highest BCUT2D eigenvalue weighted by molar-refractivity contribution is 5.19. The number of hydrogen-bond acceptors (Lipinski definition) is 2. The molecule has 0 saturated carbocycles. The molecule has 0 aromatic heterocycles. The number of benzene rings is 1. The molecule has 0 radical (unpaired) electrons. The van der Waals surface area contributed by atoms with Crippen LogP contribution in [0.25, 0.3) is 0 Å². The lowest BCUT2D eigenvalue weighted by Gasteiger charge is -2.12. The Balaban J connectivity index is 2.48. The van der Waals surface area contributed by atoms with E-state index in [2.05, 4.69) is 0 Å². The summed E-state index contributed by atoms with van der Waals surface area (Å²) in [5.74, 6) is -0.846. The zero-order chi connectivity index (χ0) is 12.0. The minimum atomic E-state index is -0.437. The Labute approximate surface area is 94.4 Å². The molecule has 1 atom stereocenters. The smallest absolute Gasteiger partial charge is 0.126 e. The third-order valence-corrected chi connectivity index (χ3v) is 2.33. The van der Waals surface area contributed by atoms with E-state index in [0.717, 1.165) is 12.1 Å². The topological polar surface area (TPSA) is 35.2 Å². The van der Waals surface area contributed by atoms with Crippen molar-refractivity contribution in [2.75, 3.05) is 13.2 Å². The molecule has 2 nitrogen and oxygen atoms in total. The summed E-state index contributed by atoms with van der Waals surface area (Å²) in [4.78, 5) is 0. The van der Waals surface area contributed by atoms with E-state index in [1.165, 1.54) is 6.07 Å². The number of hydrogen-bond donors (Lipinski definition) is 1. The summed E-state index contributed by atoms with van der Waals surface area (Å²) in [5, 5.41) is 0. The van der Waals surface area contributed by atoms with Crippen molar-refractivity contribution in [2.24, 2.45) is 5.73 Å². The van der Waals surface area contributed by atoms with Crippen LogP contribution in [0.1, 0.15) is 18.9 Å². The maximum atomic E-state index is 13.3. The van der Waals surface area contributed by atoms with E-state index >= 15 is 0 Å². The molecular formula is C12H17F2NO. The van der Waals surface area contributed by atoms with Crippen LogP contribution in [0.4, 0.5) is 8.78 Å². The average Bonchev–Trinajstić information content (AvgIpc) is 2.24. The lowest BCUT2D eigenvalue weighted by atomic mass is 10.0. The summed E-state index contributed by atoms with van der Waals surface area (Å²) < 4.78 is 31.3. The lowest BCUT2D eigenvalue weighted by molar-refractivity contribution is 0.140. The highest BCUT2D eigenvalue weighted by Gasteiger charge is 2.09. The first kappa shape index (κ1) is 13.1. The quantitative estimate of drug-likeness (QED) is 0.759. The molecule has 1 rings (SSSR count). The van der Waals surface area contributed by atoms with Crippen molar-refractivity contribution in [3.05, 3.63) is 35.4 Å². The maximum absolute atomic E-state index is 13.3. The first-order valence-electron chi connectivity index (χ1n) is 5.40. The van der Waals surface area contributed by atoms with Crippen molar-refractivity contribution >= 4 is 0 Å². The van der Waals surface area contributed by atoms with Gasteiger partial charge in [0.05, 0.1) is 0 Å². The average molecular weight is 229 g/mol. The molecule has 90 valence electrons. The molecule has 0 saturated heterocycles. The molecule has 1 unspecified atom stereocenters. The standard InChI is InChI=1S/C12H17F2NO/c1-2-16-6-5-11(15)8-9-7-10(13)3-4-12(9)14/h3-4,7,11H,2,5-6,8,15H2,1H3. The molecule has 0 bridgehead atoms. The molecule has 1 aromatic rings. The van der Waals surface area contributed by atoms with Crippen molar-refractivity contribution in [3.63, 3.8) is 0 Å². The molecule has 0 fully saturated rings. The van der Waals surface area contributed by atoms with Crippen molar-refractivity contribution in [3.8, 4) is 0 Å². The maximum Gasteiger partial charge on any atom is 0.126 e. The normalized spacial score (nSPS) is 12.8. The molecule has 0 aliphatic rings. The molecular weight excluding hydrogens is 212 g/mol. The van der Waals surface area contributed by atoms with E-state index in [1.54, 1.807) is 0 Å². The second kappa shape index (κ2) is 6.55. The van der Waals surface area contributed by atoms with Crippen LogP contribution in [0.3, 0.4) is 0 Å². The lowest BCUT2D eigenvalue weighted by Crippen LogP contribution is -2.25. The molecule has 1 aromatic carbocycles. The van der Waals surface area contributed by atoms with Gasteiger partial charge in [0, 0.05) is 19.3 Å². The van der Waals surface area contributed by atoms with Crippen LogP contribution in [0, 0.1) is 11.6 Å². The Morgan fingerprint density at radius 1 is 1.38 bits per heavy atom. The highest BCUT2D eigenvalue weighted by Crippen LogP contribution is 2.12. The molecule has 0 aliphatic heterocycles. The summed E-state index contributed by atoms with van der Waals surface area (Å²) >= 11 is 0. The van der Waals surface area contributed by atoms with E-state index in [-0.39, 0.29) is 6.04 Å². The van der Waals surface area contributed by atoms with Crippen LogP contribution < -0.4 is 5.73 Å². The van der Waals surface area contributed by atoms with E-state index in [0.29, 0.717) is 31.6 Å². The van der Waals surface area contributed by atoms with E-state index in [4.69, 9.17) is 10.5 Å². The molecule has 16 heavy (non-hydrogen) atoms. The summed E-state index contributed by atoms with van der Waals surface area (Å²) in [6, 6.07) is 3.21. The van der Waals surface area contributed by atoms with Gasteiger partial charge >= 0.3 is 0 Å². The van der Waals surface area contributed by atoms with E-state index < -0.39 is 11.6 Å². The van der Waals surface area contributed by atoms with Crippen molar-refractivity contribution in [1.82, 2.24) is 0 Å². The third kappa shape index (κ3) is 4.24. The van der Waals surface area contributed by atoms with Crippen LogP contribution in [0.2, 0.25) is 0 Å². The Bertz CT molecular complexity index is 331. The van der Waals surface area contributed by atoms with E-state index in [9.17, 15) is 8.78 Å². The predicted octanol–water partition coefficient (Wildman–Crippen LogP) is 2.26. The Morgan fingerprint density at radius 3 is 2.81 bits per heavy atom. The van der Waals surface area contributed by atoms with Gasteiger partial charge in [-0.25, -0.2) is 8.78 Å². The van der Waals surface area contributed by atoms with Gasteiger partial charge in [0.15, 0.2) is 0 Å². The second-order valence-corrected chi connectivity index (χ2v) is 3.69. The summed E-state index contributed by atoms with van der Waals surface area (Å²) in [5.41, 5.74) is 6.12. The van der Waals surface area contributed by atoms with Crippen LogP contribution >= 0.6 is 0 Å². The largest absolute Gasteiger partial charge is 0.382 e. The fourth-order valence-corrected chi connectivity index (χ4v) is 1.46. The van der Waals surface area contributed by atoms with Gasteiger partial charge in [-0.3, -0.25) is 0 Å². The van der Waals surface area contributed by atoms with Gasteiger partial charge in [0.2, 0.25) is 0 Å². The predicted molar refractivity (Wildman–Crippen MR) is 59.1 cm³/mol. The zero-order valence-electron chi connectivity index (χ0n) is 9.38. The van der Waals surface area contributed by atoms with Crippen molar-refractivity contribution in [2.45, 2.75) is 25.8 Å².